The summed E-state index contributed by atoms with van der Waals surface area (Å²) in [5.41, 5.74) is 2.19. The smallest absolute Gasteiger partial charge is 0.413 e. The summed E-state index contributed by atoms with van der Waals surface area (Å²) >= 11 is 0. The van der Waals surface area contributed by atoms with E-state index in [9.17, 15) is 18.4 Å². The molecule has 5 aromatic rings. The molecule has 0 aliphatic carbocycles. The molecule has 3 aromatic carbocycles. The maximum absolute atomic E-state index is 14.8. The molecule has 1 amide bonds. The van der Waals surface area contributed by atoms with Crippen molar-refractivity contribution in [3.63, 3.8) is 0 Å². The second-order valence-electron chi connectivity index (χ2n) is 7.59. The molecule has 0 saturated carbocycles. The van der Waals surface area contributed by atoms with Gasteiger partial charge in [-0.2, -0.15) is 5.10 Å². The van der Waals surface area contributed by atoms with E-state index in [1.165, 1.54) is 7.11 Å². The minimum absolute atomic E-state index is 0.0520. The Kier molecular flexibility index (Phi) is 5.25. The zero-order chi connectivity index (χ0) is 23.8. The maximum Gasteiger partial charge on any atom is 0.413 e. The van der Waals surface area contributed by atoms with Gasteiger partial charge in [-0.05, 0) is 41.5 Å². The van der Waals surface area contributed by atoms with Gasteiger partial charge in [-0.1, -0.05) is 24.3 Å². The molecule has 0 atom stereocenters. The Hall–Kier alpha value is -4.60. The van der Waals surface area contributed by atoms with E-state index in [-0.39, 0.29) is 23.5 Å². The Bertz CT molecular complexity index is 1630. The number of nitrogens with one attached hydrogen (secondary N) is 3. The van der Waals surface area contributed by atoms with Crippen LogP contribution in [0.25, 0.3) is 32.9 Å². The molecule has 5 rings (SSSR count). The average molecular weight is 461 g/mol. The summed E-state index contributed by atoms with van der Waals surface area (Å²) < 4.78 is 33.9. The van der Waals surface area contributed by atoms with Crippen molar-refractivity contribution in [2.45, 2.75) is 6.42 Å². The molecule has 0 fully saturated rings. The van der Waals surface area contributed by atoms with Gasteiger partial charge < -0.3 is 9.72 Å². The van der Waals surface area contributed by atoms with Crippen LogP contribution < -0.4 is 10.9 Å². The number of H-pyrrole nitrogens is 2. The van der Waals surface area contributed by atoms with Crippen molar-refractivity contribution >= 4 is 33.8 Å². The Balaban J connectivity index is 1.54. The summed E-state index contributed by atoms with van der Waals surface area (Å²) in [5, 5.41) is 10.1. The number of halogens is 2. The molecule has 170 valence electrons. The van der Waals surface area contributed by atoms with Gasteiger partial charge in [0.1, 0.15) is 0 Å². The van der Waals surface area contributed by atoms with Gasteiger partial charge >= 0.3 is 6.09 Å². The topological polar surface area (TPSA) is 113 Å². The lowest BCUT2D eigenvalue weighted by Crippen LogP contribution is -2.11. The molecule has 10 heteroatoms. The summed E-state index contributed by atoms with van der Waals surface area (Å²) in [6, 6.07) is 14.5. The number of anilines is 1. The molecular weight excluding hydrogens is 444 g/mol. The minimum atomic E-state index is -1.00. The number of amides is 1. The fourth-order valence-electron chi connectivity index (χ4n) is 3.84. The highest BCUT2D eigenvalue weighted by molar-refractivity contribution is 5.88. The number of aromatic amines is 2. The van der Waals surface area contributed by atoms with Crippen LogP contribution in [0.5, 0.6) is 0 Å². The van der Waals surface area contributed by atoms with Gasteiger partial charge in [0, 0.05) is 17.4 Å². The van der Waals surface area contributed by atoms with E-state index in [1.807, 2.05) is 0 Å². The largest absolute Gasteiger partial charge is 0.453 e. The number of hydrogen-bond donors (Lipinski definition) is 3. The van der Waals surface area contributed by atoms with E-state index in [2.05, 4.69) is 30.2 Å². The third kappa shape index (κ3) is 3.85. The van der Waals surface area contributed by atoms with Crippen LogP contribution in [0.2, 0.25) is 0 Å². The summed E-state index contributed by atoms with van der Waals surface area (Å²) in [6.45, 7) is 0. The van der Waals surface area contributed by atoms with Crippen LogP contribution >= 0.6 is 0 Å². The monoisotopic (exact) mass is 461 g/mol. The zero-order valence-corrected chi connectivity index (χ0v) is 17.8. The Morgan fingerprint density at radius 1 is 1.09 bits per heavy atom. The van der Waals surface area contributed by atoms with Gasteiger partial charge in [0.2, 0.25) is 5.95 Å². The van der Waals surface area contributed by atoms with Crippen molar-refractivity contribution in [1.82, 2.24) is 20.2 Å². The Morgan fingerprint density at radius 3 is 2.68 bits per heavy atom. The maximum atomic E-state index is 14.8. The van der Waals surface area contributed by atoms with Gasteiger partial charge in [-0.25, -0.2) is 23.7 Å². The predicted molar refractivity (Wildman–Crippen MR) is 123 cm³/mol. The first-order valence-electron chi connectivity index (χ1n) is 10.2. The fraction of sp³-hybridized carbons (Fsp3) is 0.0833. The van der Waals surface area contributed by atoms with Crippen LogP contribution in [0.3, 0.4) is 0 Å². The number of rotatable bonds is 4. The summed E-state index contributed by atoms with van der Waals surface area (Å²) in [5.74, 6) is -1.84. The molecule has 2 heterocycles. The van der Waals surface area contributed by atoms with Crippen molar-refractivity contribution in [1.29, 1.82) is 0 Å². The van der Waals surface area contributed by atoms with Crippen LogP contribution in [-0.2, 0) is 11.2 Å². The normalized spacial score (nSPS) is 11.1. The van der Waals surface area contributed by atoms with E-state index in [4.69, 9.17) is 0 Å². The number of hydrogen-bond acceptors (Lipinski definition) is 5. The molecule has 0 spiro atoms. The average Bonchev–Trinajstić information content (AvgIpc) is 3.24. The SMILES string of the molecule is COC(=O)Nc1nc2cc(-c3cc(Cc4n[nH]c(=O)c5ccccc45)cc(F)c3F)ccc2[nH]1. The number of benzene rings is 3. The standard InChI is InChI=1S/C24H17F2N5O3/c1-34-24(33)29-23-27-18-7-6-13(11-20(18)28-23)16-8-12(9-17(25)21(16)26)10-19-14-4-2-3-5-15(14)22(32)31-30-19/h2-9,11H,10H2,1H3,(H,31,32)(H2,27,28,29,33). The molecule has 0 aliphatic heterocycles. The molecule has 0 bridgehead atoms. The van der Waals surface area contributed by atoms with E-state index in [0.717, 1.165) is 6.07 Å². The van der Waals surface area contributed by atoms with Crippen LogP contribution in [0.4, 0.5) is 19.5 Å². The number of carbonyl (C=O) groups excluding carboxylic acids is 1. The summed E-state index contributed by atoms with van der Waals surface area (Å²) in [7, 11) is 1.23. The molecule has 0 saturated heterocycles. The second-order valence-corrected chi connectivity index (χ2v) is 7.59. The number of nitrogens with zero attached hydrogens (tertiary/aromatic N) is 2. The van der Waals surface area contributed by atoms with Crippen LogP contribution in [0.15, 0.2) is 59.4 Å². The molecule has 8 nitrogen and oxygen atoms in total. The van der Waals surface area contributed by atoms with Crippen molar-refractivity contribution in [3.05, 3.63) is 87.8 Å². The molecule has 0 aliphatic rings. The number of methoxy groups -OCH3 is 1. The van der Waals surface area contributed by atoms with E-state index in [0.29, 0.717) is 38.6 Å². The highest BCUT2D eigenvalue weighted by Crippen LogP contribution is 2.30. The summed E-state index contributed by atoms with van der Waals surface area (Å²) in [4.78, 5) is 30.6. The number of aromatic nitrogens is 4. The zero-order valence-electron chi connectivity index (χ0n) is 17.8. The lowest BCUT2D eigenvalue weighted by atomic mass is 9.98. The highest BCUT2D eigenvalue weighted by Gasteiger charge is 2.16. The van der Waals surface area contributed by atoms with Crippen LogP contribution in [0.1, 0.15) is 11.3 Å². The Labute approximate surface area is 190 Å². The highest BCUT2D eigenvalue weighted by atomic mass is 19.2. The first-order chi connectivity index (χ1) is 16.4. The molecule has 2 aromatic heterocycles. The number of imidazole rings is 1. The van der Waals surface area contributed by atoms with Crippen molar-refractivity contribution in [2.75, 3.05) is 12.4 Å². The quantitative estimate of drug-likeness (QED) is 0.364. The van der Waals surface area contributed by atoms with Gasteiger partial charge in [0.05, 0.1) is 29.2 Å². The third-order valence-electron chi connectivity index (χ3n) is 5.43. The van der Waals surface area contributed by atoms with Crippen molar-refractivity contribution in [3.8, 4) is 11.1 Å². The van der Waals surface area contributed by atoms with E-state index >= 15 is 0 Å². The van der Waals surface area contributed by atoms with E-state index in [1.54, 1.807) is 48.5 Å². The molecular formula is C24H17F2N5O3. The van der Waals surface area contributed by atoms with Gasteiger partial charge in [0.25, 0.3) is 5.56 Å². The van der Waals surface area contributed by atoms with Gasteiger partial charge in [-0.15, -0.1) is 0 Å². The van der Waals surface area contributed by atoms with Gasteiger partial charge in [-0.3, -0.25) is 10.1 Å². The number of fused-ring (bicyclic) bond motifs is 2. The lowest BCUT2D eigenvalue weighted by molar-refractivity contribution is 0.186. The van der Waals surface area contributed by atoms with Crippen molar-refractivity contribution in [2.24, 2.45) is 0 Å². The van der Waals surface area contributed by atoms with Crippen molar-refractivity contribution < 1.29 is 18.3 Å². The Morgan fingerprint density at radius 2 is 1.88 bits per heavy atom. The predicted octanol–water partition coefficient (Wildman–Crippen LogP) is 4.51. The number of carbonyl (C=O) groups is 1. The lowest BCUT2D eigenvalue weighted by Gasteiger charge is -2.10. The van der Waals surface area contributed by atoms with E-state index < -0.39 is 17.7 Å². The molecule has 3 N–H and O–H groups in total. The van der Waals surface area contributed by atoms with Gasteiger partial charge in [0.15, 0.2) is 11.6 Å². The third-order valence-corrected chi connectivity index (χ3v) is 5.43. The molecule has 34 heavy (non-hydrogen) atoms. The number of ether oxygens (including phenoxy) is 1. The summed E-state index contributed by atoms with van der Waals surface area (Å²) in [6.07, 6.45) is -0.511. The second kappa shape index (κ2) is 8.39. The first-order valence-corrected chi connectivity index (χ1v) is 10.2. The molecule has 0 radical (unpaired) electrons. The van der Waals surface area contributed by atoms with Crippen LogP contribution in [-0.4, -0.2) is 33.4 Å². The molecule has 0 unspecified atom stereocenters. The fourth-order valence-corrected chi connectivity index (χ4v) is 3.84. The van der Waals surface area contributed by atoms with Crippen LogP contribution in [0, 0.1) is 11.6 Å². The minimum Gasteiger partial charge on any atom is -0.453 e. The first kappa shape index (κ1) is 21.3.